The maximum absolute atomic E-state index is 11.4. The Kier molecular flexibility index (Phi) is 6.29. The van der Waals surface area contributed by atoms with Crippen LogP contribution in [0.15, 0.2) is 30.3 Å². The van der Waals surface area contributed by atoms with Gasteiger partial charge >= 0.3 is 0 Å². The van der Waals surface area contributed by atoms with Crippen molar-refractivity contribution in [3.8, 4) is 0 Å². The molecule has 1 aromatic carbocycles. The highest BCUT2D eigenvalue weighted by molar-refractivity contribution is 5.81. The molecule has 1 amide bonds. The fourth-order valence-corrected chi connectivity index (χ4v) is 1.33. The third kappa shape index (κ3) is 5.47. The molecule has 0 aliphatic heterocycles. The molecule has 0 radical (unpaired) electrons. The van der Waals surface area contributed by atoms with E-state index in [0.29, 0.717) is 13.2 Å². The van der Waals surface area contributed by atoms with Crippen LogP contribution in [0.25, 0.3) is 0 Å². The lowest BCUT2D eigenvalue weighted by molar-refractivity contribution is -0.123. The Morgan fingerprint density at radius 2 is 2.12 bits per heavy atom. The standard InChI is InChI=1S/C13H20N2O2/c1-2-8-15-13(16)12(14)10-17-9-11-6-4-3-5-7-11/h3-7,12H,2,8-10,14H2,1H3,(H,15,16)/t12-/m0/s1. The van der Waals surface area contributed by atoms with E-state index in [9.17, 15) is 4.79 Å². The number of hydrogen-bond donors (Lipinski definition) is 2. The molecule has 0 unspecified atom stereocenters. The molecule has 0 fully saturated rings. The fraction of sp³-hybridized carbons (Fsp3) is 0.462. The molecule has 3 N–H and O–H groups in total. The minimum atomic E-state index is -0.592. The van der Waals surface area contributed by atoms with Gasteiger partial charge in [0.05, 0.1) is 13.2 Å². The van der Waals surface area contributed by atoms with Gasteiger partial charge in [0, 0.05) is 6.54 Å². The maximum Gasteiger partial charge on any atom is 0.239 e. The minimum absolute atomic E-state index is 0.153. The Morgan fingerprint density at radius 3 is 2.76 bits per heavy atom. The highest BCUT2D eigenvalue weighted by atomic mass is 16.5. The second-order valence-corrected chi connectivity index (χ2v) is 3.90. The Hall–Kier alpha value is -1.39. The summed E-state index contributed by atoms with van der Waals surface area (Å²) in [5.41, 5.74) is 6.76. The summed E-state index contributed by atoms with van der Waals surface area (Å²) in [6.45, 7) is 3.38. The number of ether oxygens (including phenoxy) is 1. The van der Waals surface area contributed by atoms with Crippen molar-refractivity contribution in [1.29, 1.82) is 0 Å². The number of benzene rings is 1. The summed E-state index contributed by atoms with van der Waals surface area (Å²) < 4.78 is 5.40. The normalized spacial score (nSPS) is 12.1. The van der Waals surface area contributed by atoms with Crippen molar-refractivity contribution in [3.63, 3.8) is 0 Å². The van der Waals surface area contributed by atoms with Gasteiger partial charge in [-0.1, -0.05) is 37.3 Å². The molecule has 0 saturated heterocycles. The number of nitrogens with one attached hydrogen (secondary N) is 1. The molecular weight excluding hydrogens is 216 g/mol. The molecule has 0 aromatic heterocycles. The van der Waals surface area contributed by atoms with Gasteiger partial charge < -0.3 is 15.8 Å². The number of amides is 1. The molecule has 0 bridgehead atoms. The lowest BCUT2D eigenvalue weighted by atomic mass is 10.2. The zero-order valence-corrected chi connectivity index (χ0v) is 10.2. The molecule has 4 nitrogen and oxygen atoms in total. The SMILES string of the molecule is CCCNC(=O)[C@@H](N)COCc1ccccc1. The van der Waals surface area contributed by atoms with Gasteiger partial charge in [-0.15, -0.1) is 0 Å². The molecule has 0 heterocycles. The van der Waals surface area contributed by atoms with Crippen LogP contribution >= 0.6 is 0 Å². The van der Waals surface area contributed by atoms with Crippen LogP contribution in [0.2, 0.25) is 0 Å². The molecule has 17 heavy (non-hydrogen) atoms. The van der Waals surface area contributed by atoms with Crippen molar-refractivity contribution in [2.75, 3.05) is 13.2 Å². The topological polar surface area (TPSA) is 64.4 Å². The zero-order valence-electron chi connectivity index (χ0n) is 10.2. The average Bonchev–Trinajstić information content (AvgIpc) is 2.37. The second-order valence-electron chi connectivity index (χ2n) is 3.90. The Balaban J connectivity index is 2.20. The Morgan fingerprint density at radius 1 is 1.41 bits per heavy atom. The molecule has 1 rings (SSSR count). The molecular formula is C13H20N2O2. The summed E-state index contributed by atoms with van der Waals surface area (Å²) >= 11 is 0. The third-order valence-electron chi connectivity index (χ3n) is 2.29. The predicted molar refractivity (Wildman–Crippen MR) is 67.4 cm³/mol. The van der Waals surface area contributed by atoms with E-state index in [-0.39, 0.29) is 12.5 Å². The first kappa shape index (κ1) is 13.7. The highest BCUT2D eigenvalue weighted by Gasteiger charge is 2.12. The van der Waals surface area contributed by atoms with Crippen LogP contribution in [-0.4, -0.2) is 25.1 Å². The van der Waals surface area contributed by atoms with Crippen LogP contribution in [-0.2, 0) is 16.1 Å². The second kappa shape index (κ2) is 7.81. The van der Waals surface area contributed by atoms with Crippen molar-refractivity contribution in [2.45, 2.75) is 26.0 Å². The van der Waals surface area contributed by atoms with Crippen LogP contribution < -0.4 is 11.1 Å². The van der Waals surface area contributed by atoms with E-state index in [2.05, 4.69) is 5.32 Å². The summed E-state index contributed by atoms with van der Waals surface area (Å²) in [5, 5.41) is 2.74. The van der Waals surface area contributed by atoms with Crippen LogP contribution in [0.1, 0.15) is 18.9 Å². The summed E-state index contributed by atoms with van der Waals surface area (Å²) in [6, 6.07) is 9.21. The fourth-order valence-electron chi connectivity index (χ4n) is 1.33. The summed E-state index contributed by atoms with van der Waals surface area (Å²) in [7, 11) is 0. The molecule has 94 valence electrons. The van der Waals surface area contributed by atoms with Crippen molar-refractivity contribution in [1.82, 2.24) is 5.32 Å². The summed E-state index contributed by atoms with van der Waals surface area (Å²) in [6.07, 6.45) is 0.906. The van der Waals surface area contributed by atoms with E-state index >= 15 is 0 Å². The first-order valence-corrected chi connectivity index (χ1v) is 5.89. The van der Waals surface area contributed by atoms with Crippen molar-refractivity contribution in [3.05, 3.63) is 35.9 Å². The summed E-state index contributed by atoms with van der Waals surface area (Å²) in [5.74, 6) is -0.153. The quantitative estimate of drug-likeness (QED) is 0.744. The van der Waals surface area contributed by atoms with Gasteiger partial charge in [0.1, 0.15) is 6.04 Å². The maximum atomic E-state index is 11.4. The van der Waals surface area contributed by atoms with Crippen molar-refractivity contribution >= 4 is 5.91 Å². The number of nitrogens with two attached hydrogens (primary N) is 1. The number of rotatable bonds is 7. The van der Waals surface area contributed by atoms with Gasteiger partial charge in [0.2, 0.25) is 5.91 Å². The number of hydrogen-bond acceptors (Lipinski definition) is 3. The van der Waals surface area contributed by atoms with E-state index in [1.165, 1.54) is 0 Å². The highest BCUT2D eigenvalue weighted by Crippen LogP contribution is 2.00. The summed E-state index contributed by atoms with van der Waals surface area (Å²) in [4.78, 5) is 11.4. The molecule has 4 heteroatoms. The lowest BCUT2D eigenvalue weighted by Gasteiger charge is -2.12. The van der Waals surface area contributed by atoms with Crippen LogP contribution in [0.5, 0.6) is 0 Å². The average molecular weight is 236 g/mol. The van der Waals surface area contributed by atoms with Gasteiger partial charge in [-0.25, -0.2) is 0 Å². The number of carbonyl (C=O) groups is 1. The van der Waals surface area contributed by atoms with E-state index < -0.39 is 6.04 Å². The lowest BCUT2D eigenvalue weighted by Crippen LogP contribution is -2.43. The van der Waals surface area contributed by atoms with E-state index in [1.54, 1.807) is 0 Å². The van der Waals surface area contributed by atoms with E-state index in [1.807, 2.05) is 37.3 Å². The first-order chi connectivity index (χ1) is 8.24. The molecule has 0 spiro atoms. The number of carbonyl (C=O) groups excluding carboxylic acids is 1. The molecule has 0 aliphatic rings. The van der Waals surface area contributed by atoms with Crippen molar-refractivity contribution < 1.29 is 9.53 Å². The minimum Gasteiger partial charge on any atom is -0.375 e. The third-order valence-corrected chi connectivity index (χ3v) is 2.29. The largest absolute Gasteiger partial charge is 0.375 e. The van der Waals surface area contributed by atoms with Gasteiger partial charge in [-0.2, -0.15) is 0 Å². The Labute approximate surface area is 102 Å². The van der Waals surface area contributed by atoms with Crippen LogP contribution in [0.4, 0.5) is 0 Å². The van der Waals surface area contributed by atoms with Crippen LogP contribution in [0.3, 0.4) is 0 Å². The molecule has 0 aliphatic carbocycles. The van der Waals surface area contributed by atoms with Crippen LogP contribution in [0, 0.1) is 0 Å². The molecule has 0 saturated carbocycles. The van der Waals surface area contributed by atoms with Gasteiger partial charge in [-0.3, -0.25) is 4.79 Å². The van der Waals surface area contributed by atoms with E-state index in [4.69, 9.17) is 10.5 Å². The van der Waals surface area contributed by atoms with Gasteiger partial charge in [-0.05, 0) is 12.0 Å². The monoisotopic (exact) mass is 236 g/mol. The van der Waals surface area contributed by atoms with Crippen molar-refractivity contribution in [2.24, 2.45) is 5.73 Å². The predicted octanol–water partition coefficient (Wildman–Crippen LogP) is 1.06. The smallest absolute Gasteiger partial charge is 0.239 e. The molecule has 1 aromatic rings. The Bertz CT molecular complexity index is 327. The molecule has 1 atom stereocenters. The first-order valence-electron chi connectivity index (χ1n) is 5.89. The van der Waals surface area contributed by atoms with E-state index in [0.717, 1.165) is 12.0 Å². The van der Waals surface area contributed by atoms with Gasteiger partial charge in [0.25, 0.3) is 0 Å². The van der Waals surface area contributed by atoms with Gasteiger partial charge in [0.15, 0.2) is 0 Å². The zero-order chi connectivity index (χ0) is 12.5.